The number of rotatable bonds is 8. The standard InChI is InChI=1S/C14H23N3O2/c1-3-12-15-8-10-17(12)9-4-7-14(2,13(18)19)16-11-5-6-11/h8,10-11,16H,3-7,9H2,1-2H3,(H,18,19). The first-order chi connectivity index (χ1) is 9.05. The third-order valence-electron chi connectivity index (χ3n) is 3.77. The van der Waals surface area contributed by atoms with E-state index in [1.807, 2.05) is 6.20 Å². The van der Waals surface area contributed by atoms with E-state index in [4.69, 9.17) is 0 Å². The Bertz CT molecular complexity index is 440. The molecule has 0 spiro atoms. The molecule has 0 aliphatic heterocycles. The fraction of sp³-hybridized carbons (Fsp3) is 0.714. The molecule has 1 unspecified atom stereocenters. The largest absolute Gasteiger partial charge is 0.480 e. The van der Waals surface area contributed by atoms with Gasteiger partial charge in [-0.05, 0) is 32.6 Å². The molecule has 2 rings (SSSR count). The molecule has 1 aliphatic rings. The number of aryl methyl sites for hydroxylation is 2. The predicted octanol–water partition coefficient (Wildman–Crippen LogP) is 1.82. The second kappa shape index (κ2) is 5.74. The van der Waals surface area contributed by atoms with Crippen LogP contribution in [0.3, 0.4) is 0 Å². The number of hydrogen-bond donors (Lipinski definition) is 2. The molecule has 19 heavy (non-hydrogen) atoms. The van der Waals surface area contributed by atoms with Crippen LogP contribution in [0, 0.1) is 0 Å². The maximum atomic E-state index is 11.4. The van der Waals surface area contributed by atoms with Crippen molar-refractivity contribution in [1.29, 1.82) is 0 Å². The highest BCUT2D eigenvalue weighted by Crippen LogP contribution is 2.25. The van der Waals surface area contributed by atoms with Crippen LogP contribution in [0.2, 0.25) is 0 Å². The Labute approximate surface area is 114 Å². The summed E-state index contributed by atoms with van der Waals surface area (Å²) in [5.74, 6) is 0.313. The van der Waals surface area contributed by atoms with Crippen molar-refractivity contribution < 1.29 is 9.90 Å². The van der Waals surface area contributed by atoms with Crippen molar-refractivity contribution in [3.63, 3.8) is 0 Å². The van der Waals surface area contributed by atoms with Gasteiger partial charge in [0.25, 0.3) is 0 Å². The number of nitrogens with one attached hydrogen (secondary N) is 1. The van der Waals surface area contributed by atoms with E-state index in [2.05, 4.69) is 21.8 Å². The van der Waals surface area contributed by atoms with Gasteiger partial charge < -0.3 is 9.67 Å². The fourth-order valence-corrected chi connectivity index (χ4v) is 2.38. The molecule has 1 fully saturated rings. The number of imidazole rings is 1. The van der Waals surface area contributed by atoms with E-state index in [0.717, 1.165) is 38.1 Å². The van der Waals surface area contributed by atoms with Crippen LogP contribution in [-0.4, -0.2) is 32.2 Å². The monoisotopic (exact) mass is 265 g/mol. The highest BCUT2D eigenvalue weighted by Gasteiger charge is 2.37. The number of nitrogens with zero attached hydrogens (tertiary/aromatic N) is 2. The fourth-order valence-electron chi connectivity index (χ4n) is 2.38. The van der Waals surface area contributed by atoms with Crippen molar-refractivity contribution in [3.05, 3.63) is 18.2 Å². The molecular formula is C14H23N3O2. The van der Waals surface area contributed by atoms with Gasteiger partial charge >= 0.3 is 5.97 Å². The molecule has 1 aromatic heterocycles. The van der Waals surface area contributed by atoms with Crippen molar-refractivity contribution in [1.82, 2.24) is 14.9 Å². The van der Waals surface area contributed by atoms with E-state index in [1.165, 1.54) is 0 Å². The minimum absolute atomic E-state index is 0.403. The van der Waals surface area contributed by atoms with E-state index in [9.17, 15) is 9.90 Å². The highest BCUT2D eigenvalue weighted by molar-refractivity contribution is 5.78. The Morgan fingerprint density at radius 1 is 1.63 bits per heavy atom. The summed E-state index contributed by atoms with van der Waals surface area (Å²) >= 11 is 0. The summed E-state index contributed by atoms with van der Waals surface area (Å²) in [5, 5.41) is 12.6. The van der Waals surface area contributed by atoms with Crippen LogP contribution < -0.4 is 5.32 Å². The molecule has 1 atom stereocenters. The molecule has 0 amide bonds. The van der Waals surface area contributed by atoms with Gasteiger partial charge in [-0.2, -0.15) is 0 Å². The molecule has 1 saturated carbocycles. The summed E-state index contributed by atoms with van der Waals surface area (Å²) in [5.41, 5.74) is -0.797. The lowest BCUT2D eigenvalue weighted by Crippen LogP contribution is -2.50. The molecule has 0 radical (unpaired) electrons. The third kappa shape index (κ3) is 3.56. The van der Waals surface area contributed by atoms with Crippen molar-refractivity contribution in [2.45, 2.75) is 64.1 Å². The van der Waals surface area contributed by atoms with Gasteiger partial charge in [0.05, 0.1) is 0 Å². The molecule has 0 aromatic carbocycles. The van der Waals surface area contributed by atoms with Crippen molar-refractivity contribution in [2.75, 3.05) is 0 Å². The number of carboxylic acids is 1. The second-order valence-corrected chi connectivity index (χ2v) is 5.55. The van der Waals surface area contributed by atoms with E-state index in [-0.39, 0.29) is 0 Å². The minimum atomic E-state index is -0.797. The van der Waals surface area contributed by atoms with E-state index in [0.29, 0.717) is 12.5 Å². The zero-order valence-electron chi connectivity index (χ0n) is 11.7. The maximum absolute atomic E-state index is 11.4. The normalized spacial score (nSPS) is 18.2. The first kappa shape index (κ1) is 14.1. The number of hydrogen-bond acceptors (Lipinski definition) is 3. The van der Waals surface area contributed by atoms with Gasteiger partial charge in [0.1, 0.15) is 11.4 Å². The smallest absolute Gasteiger partial charge is 0.323 e. The molecule has 5 nitrogen and oxygen atoms in total. The Morgan fingerprint density at radius 3 is 2.95 bits per heavy atom. The first-order valence-electron chi connectivity index (χ1n) is 7.06. The summed E-state index contributed by atoms with van der Waals surface area (Å²) in [4.78, 5) is 15.7. The van der Waals surface area contributed by atoms with Crippen LogP contribution in [0.4, 0.5) is 0 Å². The van der Waals surface area contributed by atoms with Crippen LogP contribution in [0.5, 0.6) is 0 Å². The molecule has 0 bridgehead atoms. The number of aromatic nitrogens is 2. The topological polar surface area (TPSA) is 67.2 Å². The number of carbonyl (C=O) groups is 1. The Kier molecular flexibility index (Phi) is 4.24. The van der Waals surface area contributed by atoms with Crippen LogP contribution in [0.25, 0.3) is 0 Å². The van der Waals surface area contributed by atoms with Gasteiger partial charge in [0.2, 0.25) is 0 Å². The SMILES string of the molecule is CCc1nccn1CCCC(C)(NC1CC1)C(=O)O. The van der Waals surface area contributed by atoms with E-state index < -0.39 is 11.5 Å². The zero-order valence-corrected chi connectivity index (χ0v) is 11.7. The Morgan fingerprint density at radius 2 is 2.37 bits per heavy atom. The molecule has 2 N–H and O–H groups in total. The summed E-state index contributed by atoms with van der Waals surface area (Å²) in [7, 11) is 0. The molecule has 5 heteroatoms. The lowest BCUT2D eigenvalue weighted by Gasteiger charge is -2.26. The van der Waals surface area contributed by atoms with Crippen LogP contribution in [-0.2, 0) is 17.8 Å². The molecular weight excluding hydrogens is 242 g/mol. The van der Waals surface area contributed by atoms with Crippen molar-refractivity contribution >= 4 is 5.97 Å². The number of aliphatic carboxylic acids is 1. The van der Waals surface area contributed by atoms with Gasteiger partial charge in [-0.15, -0.1) is 0 Å². The summed E-state index contributed by atoms with van der Waals surface area (Å²) < 4.78 is 2.11. The molecule has 0 saturated heterocycles. The zero-order chi connectivity index (χ0) is 13.9. The van der Waals surface area contributed by atoms with Gasteiger partial charge in [-0.1, -0.05) is 6.92 Å². The lowest BCUT2D eigenvalue weighted by atomic mass is 9.95. The van der Waals surface area contributed by atoms with Crippen LogP contribution >= 0.6 is 0 Å². The van der Waals surface area contributed by atoms with Crippen LogP contribution in [0.15, 0.2) is 12.4 Å². The van der Waals surface area contributed by atoms with E-state index in [1.54, 1.807) is 13.1 Å². The van der Waals surface area contributed by atoms with Gasteiger partial charge in [0.15, 0.2) is 0 Å². The minimum Gasteiger partial charge on any atom is -0.480 e. The maximum Gasteiger partial charge on any atom is 0.323 e. The number of carboxylic acid groups (broad SMARTS) is 1. The predicted molar refractivity (Wildman–Crippen MR) is 73.0 cm³/mol. The highest BCUT2D eigenvalue weighted by atomic mass is 16.4. The average Bonchev–Trinajstić information content (AvgIpc) is 3.05. The van der Waals surface area contributed by atoms with Crippen molar-refractivity contribution in [2.24, 2.45) is 0 Å². The second-order valence-electron chi connectivity index (χ2n) is 5.55. The van der Waals surface area contributed by atoms with Gasteiger partial charge in [-0.25, -0.2) is 4.98 Å². The average molecular weight is 265 g/mol. The summed E-state index contributed by atoms with van der Waals surface area (Å²) in [6.45, 7) is 4.70. The molecule has 1 aliphatic carbocycles. The molecule has 1 heterocycles. The lowest BCUT2D eigenvalue weighted by molar-refractivity contribution is -0.144. The summed E-state index contributed by atoms with van der Waals surface area (Å²) in [6.07, 6.45) is 8.35. The quantitative estimate of drug-likeness (QED) is 0.752. The third-order valence-corrected chi connectivity index (χ3v) is 3.77. The van der Waals surface area contributed by atoms with Crippen molar-refractivity contribution in [3.8, 4) is 0 Å². The van der Waals surface area contributed by atoms with Crippen LogP contribution in [0.1, 0.15) is 45.4 Å². The molecule has 106 valence electrons. The Hall–Kier alpha value is -1.36. The molecule has 1 aromatic rings. The first-order valence-corrected chi connectivity index (χ1v) is 7.06. The van der Waals surface area contributed by atoms with Gasteiger partial charge in [-0.3, -0.25) is 10.1 Å². The van der Waals surface area contributed by atoms with E-state index >= 15 is 0 Å². The van der Waals surface area contributed by atoms with Gasteiger partial charge in [0, 0.05) is 31.4 Å². The summed E-state index contributed by atoms with van der Waals surface area (Å²) in [6, 6.07) is 0.403. The Balaban J connectivity index is 1.86.